The van der Waals surface area contributed by atoms with Gasteiger partial charge in [0, 0.05) is 25.6 Å². The summed E-state index contributed by atoms with van der Waals surface area (Å²) in [5.41, 5.74) is 1.64. The molecule has 7 nitrogen and oxygen atoms in total. The number of rotatable bonds is 7. The fourth-order valence-corrected chi connectivity index (χ4v) is 3.87. The molecule has 1 aliphatic rings. The first-order chi connectivity index (χ1) is 13.5. The molecule has 0 spiro atoms. The molecule has 1 aliphatic heterocycles. The van der Waals surface area contributed by atoms with Gasteiger partial charge in [-0.1, -0.05) is 12.1 Å². The van der Waals surface area contributed by atoms with Crippen LogP contribution in [-0.2, 0) is 9.47 Å². The highest BCUT2D eigenvalue weighted by Crippen LogP contribution is 2.46. The van der Waals surface area contributed by atoms with Crippen molar-refractivity contribution in [3.05, 3.63) is 47.5 Å². The Balaban J connectivity index is 1.90. The molecule has 0 saturated carbocycles. The minimum atomic E-state index is -0.360. The van der Waals surface area contributed by atoms with Gasteiger partial charge in [0.05, 0.1) is 33.0 Å². The predicted octanol–water partition coefficient (Wildman–Crippen LogP) is 2.80. The second-order valence-corrected chi connectivity index (χ2v) is 6.78. The molecule has 0 aliphatic carbocycles. The van der Waals surface area contributed by atoms with E-state index in [9.17, 15) is 15.3 Å². The first-order valence-corrected chi connectivity index (χ1v) is 9.03. The third-order valence-corrected chi connectivity index (χ3v) is 5.33. The Labute approximate surface area is 164 Å². The highest BCUT2D eigenvalue weighted by Gasteiger charge is 2.43. The van der Waals surface area contributed by atoms with Gasteiger partial charge < -0.3 is 34.3 Å². The number of methoxy groups -OCH3 is 3. The Morgan fingerprint density at radius 3 is 2.25 bits per heavy atom. The maximum atomic E-state index is 10.1. The Hall–Kier alpha value is -2.48. The molecule has 1 saturated heterocycles. The first-order valence-electron chi connectivity index (χ1n) is 9.03. The molecular weight excluding hydrogens is 364 g/mol. The van der Waals surface area contributed by atoms with E-state index in [1.807, 2.05) is 0 Å². The van der Waals surface area contributed by atoms with E-state index in [0.717, 1.165) is 11.1 Å². The van der Waals surface area contributed by atoms with Gasteiger partial charge in [0.25, 0.3) is 0 Å². The summed E-state index contributed by atoms with van der Waals surface area (Å²) >= 11 is 0. The minimum Gasteiger partial charge on any atom is -0.504 e. The maximum absolute atomic E-state index is 10.1. The molecule has 0 amide bonds. The normalized spacial score (nSPS) is 22.8. The summed E-state index contributed by atoms with van der Waals surface area (Å²) in [6.45, 7) is 0.300. The van der Waals surface area contributed by atoms with Crippen molar-refractivity contribution in [3.63, 3.8) is 0 Å². The van der Waals surface area contributed by atoms with E-state index in [1.54, 1.807) is 43.5 Å². The SMILES string of the molecule is COc1cc([C@H]2OC[C@@H]([C@@H](OC)c3ccc(O)c(OC)c3)[C@H]2CO)ccc1O. The van der Waals surface area contributed by atoms with Gasteiger partial charge in [0.15, 0.2) is 23.0 Å². The topological polar surface area (TPSA) is 97.6 Å². The third kappa shape index (κ3) is 3.73. The molecule has 0 bridgehead atoms. The van der Waals surface area contributed by atoms with Gasteiger partial charge in [-0.2, -0.15) is 0 Å². The second-order valence-electron chi connectivity index (χ2n) is 6.78. The zero-order valence-corrected chi connectivity index (χ0v) is 16.2. The van der Waals surface area contributed by atoms with Crippen molar-refractivity contribution in [2.24, 2.45) is 11.8 Å². The fraction of sp³-hybridized carbons (Fsp3) is 0.429. The number of phenolic OH excluding ortho intramolecular Hbond substituents is 2. The van der Waals surface area contributed by atoms with Crippen molar-refractivity contribution < 1.29 is 34.3 Å². The number of ether oxygens (including phenoxy) is 4. The highest BCUT2D eigenvalue weighted by atomic mass is 16.5. The molecule has 2 aromatic rings. The summed E-state index contributed by atoms with van der Waals surface area (Å²) < 4.78 is 22.2. The van der Waals surface area contributed by atoms with Gasteiger partial charge in [-0.05, 0) is 35.4 Å². The molecular formula is C21H26O7. The van der Waals surface area contributed by atoms with Crippen LogP contribution >= 0.6 is 0 Å². The highest BCUT2D eigenvalue weighted by molar-refractivity contribution is 5.44. The Morgan fingerprint density at radius 2 is 1.64 bits per heavy atom. The lowest BCUT2D eigenvalue weighted by Crippen LogP contribution is -2.26. The van der Waals surface area contributed by atoms with Gasteiger partial charge in [-0.15, -0.1) is 0 Å². The molecule has 1 heterocycles. The summed E-state index contributed by atoms with van der Waals surface area (Å²) in [6.07, 6.45) is -0.711. The number of aliphatic hydroxyl groups excluding tert-OH is 1. The summed E-state index contributed by atoms with van der Waals surface area (Å²) in [6, 6.07) is 10.1. The van der Waals surface area contributed by atoms with E-state index in [-0.39, 0.29) is 42.1 Å². The predicted molar refractivity (Wildman–Crippen MR) is 102 cm³/mol. The van der Waals surface area contributed by atoms with Crippen molar-refractivity contribution in [3.8, 4) is 23.0 Å². The Morgan fingerprint density at radius 1 is 1.00 bits per heavy atom. The molecule has 3 N–H and O–H groups in total. The molecule has 28 heavy (non-hydrogen) atoms. The lowest BCUT2D eigenvalue weighted by atomic mass is 9.82. The van der Waals surface area contributed by atoms with Crippen LogP contribution in [0.15, 0.2) is 36.4 Å². The molecule has 152 valence electrons. The van der Waals surface area contributed by atoms with Gasteiger partial charge in [0.1, 0.15) is 0 Å². The molecule has 0 aromatic heterocycles. The van der Waals surface area contributed by atoms with Crippen molar-refractivity contribution >= 4 is 0 Å². The average molecular weight is 390 g/mol. The van der Waals surface area contributed by atoms with Crippen molar-refractivity contribution in [1.82, 2.24) is 0 Å². The molecule has 4 atom stereocenters. The van der Waals surface area contributed by atoms with E-state index < -0.39 is 0 Å². The summed E-state index contributed by atoms with van der Waals surface area (Å²) in [5, 5.41) is 29.8. The first kappa shape index (κ1) is 20.3. The molecule has 7 heteroatoms. The van der Waals surface area contributed by atoms with Crippen molar-refractivity contribution in [2.45, 2.75) is 12.2 Å². The lowest BCUT2D eigenvalue weighted by Gasteiger charge is -2.28. The zero-order chi connectivity index (χ0) is 20.3. The van der Waals surface area contributed by atoms with Crippen molar-refractivity contribution in [1.29, 1.82) is 0 Å². The molecule has 1 fully saturated rings. The number of aromatic hydroxyl groups is 2. The van der Waals surface area contributed by atoms with Crippen LogP contribution in [0.1, 0.15) is 23.3 Å². The van der Waals surface area contributed by atoms with Crippen LogP contribution in [0.2, 0.25) is 0 Å². The number of phenols is 2. The molecule has 0 unspecified atom stereocenters. The van der Waals surface area contributed by atoms with Crippen LogP contribution in [-0.4, -0.2) is 49.9 Å². The summed E-state index contributed by atoms with van der Waals surface area (Å²) in [4.78, 5) is 0. The van der Waals surface area contributed by atoms with E-state index in [1.165, 1.54) is 14.2 Å². The van der Waals surface area contributed by atoms with Gasteiger partial charge in [-0.25, -0.2) is 0 Å². The average Bonchev–Trinajstić information content (AvgIpc) is 3.13. The van der Waals surface area contributed by atoms with E-state index >= 15 is 0 Å². The zero-order valence-electron chi connectivity index (χ0n) is 16.2. The van der Waals surface area contributed by atoms with E-state index in [4.69, 9.17) is 18.9 Å². The van der Waals surface area contributed by atoms with Crippen LogP contribution in [0, 0.1) is 11.8 Å². The monoisotopic (exact) mass is 390 g/mol. The lowest BCUT2D eigenvalue weighted by molar-refractivity contribution is 0.0242. The van der Waals surface area contributed by atoms with Crippen LogP contribution < -0.4 is 9.47 Å². The second kappa shape index (κ2) is 8.68. The van der Waals surface area contributed by atoms with Crippen LogP contribution in [0.3, 0.4) is 0 Å². The Kier molecular flexibility index (Phi) is 6.28. The van der Waals surface area contributed by atoms with Crippen LogP contribution in [0.4, 0.5) is 0 Å². The summed E-state index contributed by atoms with van der Waals surface area (Å²) in [7, 11) is 4.58. The molecule has 0 radical (unpaired) electrons. The van der Waals surface area contributed by atoms with E-state index in [2.05, 4.69) is 0 Å². The Bertz CT molecular complexity index is 807. The number of hydrogen-bond donors (Lipinski definition) is 3. The smallest absolute Gasteiger partial charge is 0.160 e. The quantitative estimate of drug-likeness (QED) is 0.669. The maximum Gasteiger partial charge on any atom is 0.160 e. The standard InChI is InChI=1S/C21H26O7/c1-25-18-8-12(4-6-16(18)23)20(27-3)15-11-28-21(14(15)10-22)13-5-7-17(24)19(9-13)26-2/h4-9,14-15,20-24H,10-11H2,1-3H3/t14-,15-,20+,21-/m1/s1. The van der Waals surface area contributed by atoms with Gasteiger partial charge in [-0.3, -0.25) is 0 Å². The van der Waals surface area contributed by atoms with Crippen molar-refractivity contribution in [2.75, 3.05) is 34.5 Å². The van der Waals surface area contributed by atoms with Crippen LogP contribution in [0.5, 0.6) is 23.0 Å². The number of aliphatic hydroxyl groups is 1. The minimum absolute atomic E-state index is 0.0484. The summed E-state index contributed by atoms with van der Waals surface area (Å²) in [5.74, 6) is 0.475. The van der Waals surface area contributed by atoms with E-state index in [0.29, 0.717) is 18.1 Å². The van der Waals surface area contributed by atoms with Gasteiger partial charge >= 0.3 is 0 Å². The number of hydrogen-bond acceptors (Lipinski definition) is 7. The molecule has 2 aromatic carbocycles. The molecule has 3 rings (SSSR count). The largest absolute Gasteiger partial charge is 0.504 e. The number of benzene rings is 2. The van der Waals surface area contributed by atoms with Crippen LogP contribution in [0.25, 0.3) is 0 Å². The fourth-order valence-electron chi connectivity index (χ4n) is 3.87. The van der Waals surface area contributed by atoms with Gasteiger partial charge in [0.2, 0.25) is 0 Å². The third-order valence-electron chi connectivity index (χ3n) is 5.33.